The predicted molar refractivity (Wildman–Crippen MR) is 77.6 cm³/mol. The molecule has 0 aromatic heterocycles. The van der Waals surface area contributed by atoms with Crippen LogP contribution in [0.15, 0.2) is 22.7 Å². The molecule has 1 unspecified atom stereocenters. The Morgan fingerprint density at radius 3 is 2.65 bits per heavy atom. The maximum Gasteiger partial charge on any atom is 0.0400 e. The van der Waals surface area contributed by atoms with Gasteiger partial charge < -0.3 is 10.6 Å². The Hall–Kier alpha value is -0.540. The van der Waals surface area contributed by atoms with Crippen LogP contribution in [-0.2, 0) is 6.42 Å². The zero-order valence-electron chi connectivity index (χ0n) is 10.5. The first-order valence-corrected chi connectivity index (χ1v) is 7.25. The van der Waals surface area contributed by atoms with Crippen LogP contribution in [0.25, 0.3) is 0 Å². The van der Waals surface area contributed by atoms with Crippen LogP contribution >= 0.6 is 15.9 Å². The van der Waals surface area contributed by atoms with Gasteiger partial charge in [-0.05, 0) is 56.4 Å². The molecular weight excluding hydrogens is 276 g/mol. The lowest BCUT2D eigenvalue weighted by Gasteiger charge is -2.31. The van der Waals surface area contributed by atoms with E-state index in [0.717, 1.165) is 10.9 Å². The first-order valence-electron chi connectivity index (χ1n) is 6.46. The predicted octanol–water partition coefficient (Wildman–Crippen LogP) is 3.33. The third-order valence-corrected chi connectivity index (χ3v) is 3.77. The zero-order chi connectivity index (χ0) is 12.3. The van der Waals surface area contributed by atoms with Crippen molar-refractivity contribution in [3.8, 4) is 0 Å². The summed E-state index contributed by atoms with van der Waals surface area (Å²) in [6.07, 6.45) is 4.95. The van der Waals surface area contributed by atoms with Crippen LogP contribution in [0.3, 0.4) is 0 Å². The monoisotopic (exact) mass is 296 g/mol. The summed E-state index contributed by atoms with van der Waals surface area (Å²) in [5, 5.41) is 0. The molecule has 1 aromatic carbocycles. The van der Waals surface area contributed by atoms with Crippen LogP contribution in [0, 0.1) is 0 Å². The molecule has 0 spiro atoms. The number of hydrogen-bond donors (Lipinski definition) is 1. The fourth-order valence-corrected chi connectivity index (χ4v) is 2.92. The third-order valence-electron chi connectivity index (χ3n) is 3.28. The maximum absolute atomic E-state index is 5.94. The lowest BCUT2D eigenvalue weighted by atomic mass is 10.0. The molecule has 3 heteroatoms. The molecule has 94 valence electrons. The highest BCUT2D eigenvalue weighted by Crippen LogP contribution is 2.28. The van der Waals surface area contributed by atoms with Crippen LogP contribution in [0.2, 0.25) is 0 Å². The minimum atomic E-state index is 0.216. The van der Waals surface area contributed by atoms with Gasteiger partial charge >= 0.3 is 0 Å². The molecule has 1 atom stereocenters. The summed E-state index contributed by atoms with van der Waals surface area (Å²) in [5.41, 5.74) is 8.69. The fourth-order valence-electron chi connectivity index (χ4n) is 2.51. The number of nitrogens with zero attached hydrogens (tertiary/aromatic N) is 1. The van der Waals surface area contributed by atoms with E-state index in [1.165, 1.54) is 43.6 Å². The minimum absolute atomic E-state index is 0.216. The van der Waals surface area contributed by atoms with E-state index >= 15 is 0 Å². The van der Waals surface area contributed by atoms with Crippen LogP contribution < -0.4 is 10.6 Å². The molecule has 1 aromatic rings. The summed E-state index contributed by atoms with van der Waals surface area (Å²) in [6.45, 7) is 4.45. The topological polar surface area (TPSA) is 29.3 Å². The first kappa shape index (κ1) is 12.9. The average Bonchev–Trinajstić information content (AvgIpc) is 2.29. The van der Waals surface area contributed by atoms with Gasteiger partial charge in [0.05, 0.1) is 0 Å². The van der Waals surface area contributed by atoms with Gasteiger partial charge in [0.2, 0.25) is 0 Å². The van der Waals surface area contributed by atoms with Gasteiger partial charge in [0, 0.05) is 29.3 Å². The van der Waals surface area contributed by atoms with Gasteiger partial charge in [-0.25, -0.2) is 0 Å². The molecule has 1 aliphatic heterocycles. The van der Waals surface area contributed by atoms with Crippen LogP contribution in [0.4, 0.5) is 5.69 Å². The lowest BCUT2D eigenvalue weighted by Crippen LogP contribution is -2.31. The molecule has 0 saturated carbocycles. The number of anilines is 1. The van der Waals surface area contributed by atoms with Gasteiger partial charge in [-0.15, -0.1) is 0 Å². The Bertz CT molecular complexity index is 370. The highest BCUT2D eigenvalue weighted by Gasteiger charge is 2.15. The Labute approximate surface area is 112 Å². The third kappa shape index (κ3) is 3.46. The van der Waals surface area contributed by atoms with E-state index in [1.54, 1.807) is 0 Å². The normalized spacial score (nSPS) is 18.2. The number of nitrogens with two attached hydrogens (primary N) is 1. The van der Waals surface area contributed by atoms with Crippen molar-refractivity contribution in [2.45, 2.75) is 38.6 Å². The molecule has 0 aliphatic carbocycles. The van der Waals surface area contributed by atoms with Crippen molar-refractivity contribution in [2.24, 2.45) is 5.73 Å². The van der Waals surface area contributed by atoms with E-state index in [-0.39, 0.29) is 6.04 Å². The summed E-state index contributed by atoms with van der Waals surface area (Å²) >= 11 is 3.55. The quantitative estimate of drug-likeness (QED) is 0.927. The number of halogens is 1. The summed E-state index contributed by atoms with van der Waals surface area (Å²) < 4.78 is 1.15. The molecule has 1 heterocycles. The van der Waals surface area contributed by atoms with Crippen LogP contribution in [0.1, 0.15) is 31.7 Å². The highest BCUT2D eigenvalue weighted by molar-refractivity contribution is 9.10. The Morgan fingerprint density at radius 2 is 2.00 bits per heavy atom. The second-order valence-corrected chi connectivity index (χ2v) is 5.92. The van der Waals surface area contributed by atoms with Gasteiger partial charge in [0.15, 0.2) is 0 Å². The highest BCUT2D eigenvalue weighted by atomic mass is 79.9. The SMILES string of the molecule is CC(N)Cc1cc(Br)ccc1N1CCCCC1. The summed E-state index contributed by atoms with van der Waals surface area (Å²) in [7, 11) is 0. The van der Waals surface area contributed by atoms with E-state index in [1.807, 2.05) is 0 Å². The molecule has 17 heavy (non-hydrogen) atoms. The van der Waals surface area contributed by atoms with Crippen molar-refractivity contribution in [3.05, 3.63) is 28.2 Å². The van der Waals surface area contributed by atoms with Gasteiger partial charge in [-0.2, -0.15) is 0 Å². The average molecular weight is 297 g/mol. The van der Waals surface area contributed by atoms with Crippen molar-refractivity contribution in [3.63, 3.8) is 0 Å². The maximum atomic E-state index is 5.94. The molecule has 1 fully saturated rings. The smallest absolute Gasteiger partial charge is 0.0400 e. The molecule has 2 nitrogen and oxygen atoms in total. The summed E-state index contributed by atoms with van der Waals surface area (Å²) in [6, 6.07) is 6.79. The lowest BCUT2D eigenvalue weighted by molar-refractivity contribution is 0.575. The van der Waals surface area contributed by atoms with E-state index < -0.39 is 0 Å². The molecule has 0 bridgehead atoms. The fraction of sp³-hybridized carbons (Fsp3) is 0.571. The molecule has 2 N–H and O–H groups in total. The van der Waals surface area contributed by atoms with E-state index in [9.17, 15) is 0 Å². The van der Waals surface area contributed by atoms with Crippen LogP contribution in [0.5, 0.6) is 0 Å². The largest absolute Gasteiger partial charge is 0.371 e. The van der Waals surface area contributed by atoms with Crippen molar-refractivity contribution < 1.29 is 0 Å². The molecule has 1 aliphatic rings. The Balaban J connectivity index is 2.24. The number of rotatable bonds is 3. The van der Waals surface area contributed by atoms with E-state index in [0.29, 0.717) is 0 Å². The standard InChI is InChI=1S/C14H21BrN2/c1-11(16)9-12-10-13(15)5-6-14(12)17-7-3-2-4-8-17/h5-6,10-11H,2-4,7-9,16H2,1H3. The van der Waals surface area contributed by atoms with Gasteiger partial charge in [-0.3, -0.25) is 0 Å². The minimum Gasteiger partial charge on any atom is -0.371 e. The van der Waals surface area contributed by atoms with Crippen molar-refractivity contribution in [2.75, 3.05) is 18.0 Å². The Kier molecular flexibility index (Phi) is 4.46. The molecule has 0 amide bonds. The zero-order valence-corrected chi connectivity index (χ0v) is 12.0. The van der Waals surface area contributed by atoms with Crippen LogP contribution in [-0.4, -0.2) is 19.1 Å². The van der Waals surface area contributed by atoms with Crippen molar-refractivity contribution in [1.82, 2.24) is 0 Å². The summed E-state index contributed by atoms with van der Waals surface area (Å²) in [4.78, 5) is 2.51. The first-order chi connectivity index (χ1) is 8.16. The van der Waals surface area contributed by atoms with Gasteiger partial charge in [-0.1, -0.05) is 15.9 Å². The molecule has 0 radical (unpaired) electrons. The number of piperidine rings is 1. The van der Waals surface area contributed by atoms with Gasteiger partial charge in [0.1, 0.15) is 0 Å². The van der Waals surface area contributed by atoms with Crippen molar-refractivity contribution >= 4 is 21.6 Å². The number of benzene rings is 1. The molecule has 1 saturated heterocycles. The number of hydrogen-bond acceptors (Lipinski definition) is 2. The second kappa shape index (κ2) is 5.87. The Morgan fingerprint density at radius 1 is 1.29 bits per heavy atom. The molecule has 2 rings (SSSR count). The van der Waals surface area contributed by atoms with E-state index in [4.69, 9.17) is 5.73 Å². The van der Waals surface area contributed by atoms with Crippen molar-refractivity contribution in [1.29, 1.82) is 0 Å². The second-order valence-electron chi connectivity index (χ2n) is 5.00. The summed E-state index contributed by atoms with van der Waals surface area (Å²) in [5.74, 6) is 0. The van der Waals surface area contributed by atoms with Gasteiger partial charge in [0.25, 0.3) is 0 Å². The van der Waals surface area contributed by atoms with E-state index in [2.05, 4.69) is 46.0 Å². The molecular formula is C14H21BrN2.